The van der Waals surface area contributed by atoms with Gasteiger partial charge in [0.1, 0.15) is 0 Å². The van der Waals surface area contributed by atoms with Crippen molar-refractivity contribution in [2.45, 2.75) is 38.5 Å². The van der Waals surface area contributed by atoms with E-state index >= 15 is 0 Å². The summed E-state index contributed by atoms with van der Waals surface area (Å²) < 4.78 is 8.09. The van der Waals surface area contributed by atoms with Crippen molar-refractivity contribution in [1.29, 1.82) is 0 Å². The lowest BCUT2D eigenvalue weighted by molar-refractivity contribution is 0.126. The smallest absolute Gasteiger partial charge is 0.0466 e. The van der Waals surface area contributed by atoms with Crippen LogP contribution in [-0.2, 0) is 4.74 Å². The van der Waals surface area contributed by atoms with Crippen LogP contribution in [0.2, 0.25) is 0 Å². The quantitative estimate of drug-likeness (QED) is 0.298. The minimum atomic E-state index is 0.973. The van der Waals surface area contributed by atoms with Crippen LogP contribution in [0.1, 0.15) is 38.5 Å². The molecular formula is C10H20I2O. The topological polar surface area (TPSA) is 9.23 Å². The highest BCUT2D eigenvalue weighted by molar-refractivity contribution is 14.1. The van der Waals surface area contributed by atoms with Gasteiger partial charge < -0.3 is 4.74 Å². The van der Waals surface area contributed by atoms with Gasteiger partial charge in [0.05, 0.1) is 0 Å². The van der Waals surface area contributed by atoms with Crippen molar-refractivity contribution in [3.8, 4) is 0 Å². The molecule has 3 heteroatoms. The number of ether oxygens (including phenoxy) is 1. The lowest BCUT2D eigenvalue weighted by Gasteiger charge is -2.02. The molecule has 0 aromatic heterocycles. The Kier molecular flexibility index (Phi) is 14.9. The normalized spacial score (nSPS) is 10.6. The van der Waals surface area contributed by atoms with Gasteiger partial charge in [0.2, 0.25) is 0 Å². The van der Waals surface area contributed by atoms with Gasteiger partial charge in [-0.1, -0.05) is 58.0 Å². The average molecular weight is 410 g/mol. The van der Waals surface area contributed by atoms with E-state index in [4.69, 9.17) is 4.74 Å². The van der Waals surface area contributed by atoms with Gasteiger partial charge in [0, 0.05) is 13.2 Å². The summed E-state index contributed by atoms with van der Waals surface area (Å²) in [5.41, 5.74) is 0. The van der Waals surface area contributed by atoms with Crippen LogP contribution in [0, 0.1) is 0 Å². The highest BCUT2D eigenvalue weighted by atomic mass is 127. The number of halogens is 2. The van der Waals surface area contributed by atoms with E-state index in [0.717, 1.165) is 13.2 Å². The molecule has 80 valence electrons. The van der Waals surface area contributed by atoms with Gasteiger partial charge in [0.15, 0.2) is 0 Å². The van der Waals surface area contributed by atoms with Gasteiger partial charge >= 0.3 is 0 Å². The zero-order chi connectivity index (χ0) is 9.78. The highest BCUT2D eigenvalue weighted by Gasteiger charge is 1.90. The van der Waals surface area contributed by atoms with E-state index in [0.29, 0.717) is 0 Å². The van der Waals surface area contributed by atoms with Crippen LogP contribution in [-0.4, -0.2) is 22.1 Å². The van der Waals surface area contributed by atoms with E-state index < -0.39 is 0 Å². The summed E-state index contributed by atoms with van der Waals surface area (Å²) in [6.45, 7) is 1.95. The molecule has 0 fully saturated rings. The maximum absolute atomic E-state index is 5.52. The summed E-state index contributed by atoms with van der Waals surface area (Å²) in [7, 11) is 0. The molecule has 13 heavy (non-hydrogen) atoms. The van der Waals surface area contributed by atoms with E-state index in [-0.39, 0.29) is 0 Å². The van der Waals surface area contributed by atoms with Gasteiger partial charge in [0.25, 0.3) is 0 Å². The molecule has 0 spiro atoms. The zero-order valence-corrected chi connectivity index (χ0v) is 12.6. The lowest BCUT2D eigenvalue weighted by Crippen LogP contribution is -1.97. The van der Waals surface area contributed by atoms with Crippen molar-refractivity contribution in [1.82, 2.24) is 0 Å². The summed E-state index contributed by atoms with van der Waals surface area (Å²) in [5, 5.41) is 0. The fraction of sp³-hybridized carbons (Fsp3) is 1.00. The molecule has 0 atom stereocenters. The van der Waals surface area contributed by atoms with E-state index in [1.54, 1.807) is 0 Å². The van der Waals surface area contributed by atoms with E-state index in [1.807, 2.05) is 0 Å². The summed E-state index contributed by atoms with van der Waals surface area (Å²) >= 11 is 4.86. The number of hydrogen-bond acceptors (Lipinski definition) is 1. The standard InChI is InChI=1S/C10H20I2O/c11-7-3-1-5-9-13-10-6-2-4-8-12/h1-10H2. The SMILES string of the molecule is ICCCCCOCCCCCI. The number of rotatable bonds is 10. The average Bonchev–Trinajstić information content (AvgIpc) is 2.16. The predicted octanol–water partition coefficient (Wildman–Crippen LogP) is 4.21. The molecule has 0 heterocycles. The fourth-order valence-electron chi connectivity index (χ4n) is 1.05. The Morgan fingerprint density at radius 3 is 1.46 bits per heavy atom. The predicted molar refractivity (Wildman–Crippen MR) is 76.3 cm³/mol. The van der Waals surface area contributed by atoms with Crippen LogP contribution < -0.4 is 0 Å². The highest BCUT2D eigenvalue weighted by Crippen LogP contribution is 2.01. The van der Waals surface area contributed by atoms with E-state index in [9.17, 15) is 0 Å². The van der Waals surface area contributed by atoms with Crippen LogP contribution in [0.4, 0.5) is 0 Å². The second-order valence-corrected chi connectivity index (χ2v) is 5.27. The zero-order valence-electron chi connectivity index (χ0n) is 8.24. The Labute approximate surface area is 110 Å². The molecule has 0 amide bonds. The molecule has 0 bridgehead atoms. The van der Waals surface area contributed by atoms with Crippen molar-refractivity contribution in [2.24, 2.45) is 0 Å². The second kappa shape index (κ2) is 13.4. The molecule has 0 saturated carbocycles. The third-order valence-corrected chi connectivity index (χ3v) is 3.37. The fourth-order valence-corrected chi connectivity index (χ4v) is 2.13. The lowest BCUT2D eigenvalue weighted by atomic mass is 10.2. The molecule has 0 aromatic carbocycles. The van der Waals surface area contributed by atoms with Gasteiger partial charge in [-0.25, -0.2) is 0 Å². The molecule has 0 rings (SSSR count). The molecular weight excluding hydrogens is 390 g/mol. The minimum Gasteiger partial charge on any atom is -0.381 e. The Hall–Kier alpha value is 1.42. The number of alkyl halides is 2. The number of unbranched alkanes of at least 4 members (excludes halogenated alkanes) is 4. The first-order valence-electron chi connectivity index (χ1n) is 5.11. The third-order valence-electron chi connectivity index (χ3n) is 1.84. The second-order valence-electron chi connectivity index (χ2n) is 3.11. The van der Waals surface area contributed by atoms with Gasteiger partial charge in [-0.15, -0.1) is 0 Å². The van der Waals surface area contributed by atoms with Crippen LogP contribution >= 0.6 is 45.2 Å². The van der Waals surface area contributed by atoms with Gasteiger partial charge in [-0.2, -0.15) is 0 Å². The summed E-state index contributed by atoms with van der Waals surface area (Å²) in [6.07, 6.45) is 7.84. The van der Waals surface area contributed by atoms with E-state index in [2.05, 4.69) is 45.2 Å². The van der Waals surface area contributed by atoms with Crippen LogP contribution in [0.25, 0.3) is 0 Å². The molecule has 0 unspecified atom stereocenters. The summed E-state index contributed by atoms with van der Waals surface area (Å²) in [5.74, 6) is 0. The van der Waals surface area contributed by atoms with Crippen LogP contribution in [0.3, 0.4) is 0 Å². The molecule has 0 aliphatic carbocycles. The van der Waals surface area contributed by atoms with Crippen LogP contribution in [0.5, 0.6) is 0 Å². The molecule has 1 nitrogen and oxygen atoms in total. The Morgan fingerprint density at radius 2 is 1.08 bits per heavy atom. The van der Waals surface area contributed by atoms with Crippen molar-refractivity contribution in [2.75, 3.05) is 22.1 Å². The Bertz CT molecular complexity index is 79.0. The minimum absolute atomic E-state index is 0.973. The first-order valence-corrected chi connectivity index (χ1v) is 8.16. The maximum atomic E-state index is 5.52. The summed E-state index contributed by atoms with van der Waals surface area (Å²) in [4.78, 5) is 0. The molecule has 0 N–H and O–H groups in total. The molecule has 0 aromatic rings. The van der Waals surface area contributed by atoms with Gasteiger partial charge in [-0.3, -0.25) is 0 Å². The third kappa shape index (κ3) is 13.4. The maximum Gasteiger partial charge on any atom is 0.0466 e. The van der Waals surface area contributed by atoms with Gasteiger partial charge in [-0.05, 0) is 34.5 Å². The van der Waals surface area contributed by atoms with Crippen molar-refractivity contribution < 1.29 is 4.74 Å². The molecule has 0 saturated heterocycles. The first kappa shape index (κ1) is 14.4. The van der Waals surface area contributed by atoms with E-state index in [1.165, 1.54) is 47.4 Å². The van der Waals surface area contributed by atoms with Crippen LogP contribution in [0.15, 0.2) is 0 Å². The molecule has 0 radical (unpaired) electrons. The number of hydrogen-bond donors (Lipinski definition) is 0. The Balaban J connectivity index is 2.76. The van der Waals surface area contributed by atoms with Crippen molar-refractivity contribution in [3.63, 3.8) is 0 Å². The first-order chi connectivity index (χ1) is 6.41. The van der Waals surface area contributed by atoms with Crippen molar-refractivity contribution in [3.05, 3.63) is 0 Å². The molecule has 0 aliphatic heterocycles. The molecule has 0 aliphatic rings. The largest absolute Gasteiger partial charge is 0.381 e. The summed E-state index contributed by atoms with van der Waals surface area (Å²) in [6, 6.07) is 0. The monoisotopic (exact) mass is 410 g/mol. The Morgan fingerprint density at radius 1 is 0.615 bits per heavy atom. The van der Waals surface area contributed by atoms with Crippen molar-refractivity contribution >= 4 is 45.2 Å².